The molecule has 7 nitrogen and oxygen atoms in total. The molecule has 0 fully saturated rings. The van der Waals surface area contributed by atoms with Gasteiger partial charge in [0.2, 0.25) is 5.82 Å². The lowest BCUT2D eigenvalue weighted by atomic mass is 10.1. The van der Waals surface area contributed by atoms with E-state index in [4.69, 9.17) is 9.26 Å². The lowest BCUT2D eigenvalue weighted by Crippen LogP contribution is -1.96. The van der Waals surface area contributed by atoms with E-state index < -0.39 is 4.92 Å². The van der Waals surface area contributed by atoms with E-state index in [-0.39, 0.29) is 12.3 Å². The fourth-order valence-corrected chi connectivity index (χ4v) is 1.97. The van der Waals surface area contributed by atoms with Crippen molar-refractivity contribution in [2.45, 2.75) is 13.5 Å². The molecular weight excluding hydrogens is 298 g/mol. The van der Waals surface area contributed by atoms with Gasteiger partial charge in [-0.25, -0.2) is 0 Å². The Morgan fingerprint density at radius 2 is 2.00 bits per heavy atom. The van der Waals surface area contributed by atoms with Crippen molar-refractivity contribution >= 4 is 5.69 Å². The van der Waals surface area contributed by atoms with Crippen molar-refractivity contribution in [2.24, 2.45) is 0 Å². The number of nitrogens with zero attached hydrogens (tertiary/aromatic N) is 3. The smallest absolute Gasteiger partial charge is 0.273 e. The van der Waals surface area contributed by atoms with Crippen LogP contribution in [0, 0.1) is 17.0 Å². The number of nitro groups is 1. The molecule has 0 saturated heterocycles. The zero-order valence-corrected chi connectivity index (χ0v) is 12.3. The molecule has 3 aromatic rings. The molecule has 7 heteroatoms. The summed E-state index contributed by atoms with van der Waals surface area (Å²) in [5.74, 6) is 1.14. The van der Waals surface area contributed by atoms with Crippen LogP contribution in [-0.4, -0.2) is 15.1 Å². The normalized spacial score (nSPS) is 10.5. The molecule has 0 N–H and O–H groups in total. The summed E-state index contributed by atoms with van der Waals surface area (Å²) >= 11 is 0. The molecule has 3 rings (SSSR count). The van der Waals surface area contributed by atoms with E-state index in [9.17, 15) is 10.1 Å². The quantitative estimate of drug-likeness (QED) is 0.528. The molecule has 0 saturated carbocycles. The topological polar surface area (TPSA) is 91.3 Å². The Hall–Kier alpha value is -3.22. The minimum Gasteiger partial charge on any atom is -0.484 e. The molecule has 23 heavy (non-hydrogen) atoms. The molecule has 0 amide bonds. The number of non-ortho nitro benzene ring substituents is 1. The Bertz CT molecular complexity index is 827. The summed E-state index contributed by atoms with van der Waals surface area (Å²) < 4.78 is 10.6. The summed E-state index contributed by atoms with van der Waals surface area (Å²) in [7, 11) is 0. The van der Waals surface area contributed by atoms with Crippen molar-refractivity contribution in [2.75, 3.05) is 0 Å². The first-order valence-corrected chi connectivity index (χ1v) is 6.89. The SMILES string of the molecule is Cc1ccc(-c2noc(COc3cccc([N+](=O)[O-])c3)n2)cc1. The van der Waals surface area contributed by atoms with Gasteiger partial charge in [0.25, 0.3) is 11.6 Å². The number of benzene rings is 2. The third kappa shape index (κ3) is 3.52. The van der Waals surface area contributed by atoms with Gasteiger partial charge in [-0.05, 0) is 13.0 Å². The van der Waals surface area contributed by atoms with Crippen LogP contribution in [0.25, 0.3) is 11.4 Å². The number of aryl methyl sites for hydroxylation is 1. The van der Waals surface area contributed by atoms with Crippen molar-refractivity contribution in [1.29, 1.82) is 0 Å². The molecule has 0 bridgehead atoms. The van der Waals surface area contributed by atoms with Gasteiger partial charge in [0.1, 0.15) is 5.75 Å². The molecule has 0 radical (unpaired) electrons. The van der Waals surface area contributed by atoms with E-state index in [1.54, 1.807) is 12.1 Å². The third-order valence-electron chi connectivity index (χ3n) is 3.17. The first kappa shape index (κ1) is 14.7. The maximum atomic E-state index is 10.7. The molecule has 116 valence electrons. The number of aromatic nitrogens is 2. The second-order valence-electron chi connectivity index (χ2n) is 4.92. The Morgan fingerprint density at radius 3 is 2.74 bits per heavy atom. The summed E-state index contributed by atoms with van der Waals surface area (Å²) in [6, 6.07) is 13.7. The summed E-state index contributed by atoms with van der Waals surface area (Å²) in [5, 5.41) is 14.6. The minimum atomic E-state index is -0.477. The zero-order chi connectivity index (χ0) is 16.2. The van der Waals surface area contributed by atoms with Crippen molar-refractivity contribution in [3.8, 4) is 17.1 Å². The van der Waals surface area contributed by atoms with E-state index in [0.29, 0.717) is 17.5 Å². The van der Waals surface area contributed by atoms with Crippen molar-refractivity contribution in [3.05, 3.63) is 70.1 Å². The summed E-state index contributed by atoms with van der Waals surface area (Å²) in [4.78, 5) is 14.5. The molecule has 0 aliphatic rings. The zero-order valence-electron chi connectivity index (χ0n) is 12.3. The maximum Gasteiger partial charge on any atom is 0.273 e. The van der Waals surface area contributed by atoms with Gasteiger partial charge in [-0.2, -0.15) is 4.98 Å². The van der Waals surface area contributed by atoms with Gasteiger partial charge in [0.05, 0.1) is 11.0 Å². The molecule has 0 aliphatic heterocycles. The van der Waals surface area contributed by atoms with Crippen LogP contribution in [0.15, 0.2) is 53.1 Å². The van der Waals surface area contributed by atoms with Gasteiger partial charge in [-0.3, -0.25) is 10.1 Å². The first-order chi connectivity index (χ1) is 11.1. The van der Waals surface area contributed by atoms with E-state index in [0.717, 1.165) is 11.1 Å². The van der Waals surface area contributed by atoms with Crippen LogP contribution in [0.4, 0.5) is 5.69 Å². The Morgan fingerprint density at radius 1 is 1.22 bits per heavy atom. The highest BCUT2D eigenvalue weighted by atomic mass is 16.6. The fourth-order valence-electron chi connectivity index (χ4n) is 1.97. The second kappa shape index (κ2) is 6.27. The number of hydrogen-bond acceptors (Lipinski definition) is 6. The lowest BCUT2D eigenvalue weighted by Gasteiger charge is -2.02. The van der Waals surface area contributed by atoms with Crippen molar-refractivity contribution in [1.82, 2.24) is 10.1 Å². The molecular formula is C16H13N3O4. The first-order valence-electron chi connectivity index (χ1n) is 6.89. The Kier molecular flexibility index (Phi) is 4.01. The fraction of sp³-hybridized carbons (Fsp3) is 0.125. The minimum absolute atomic E-state index is 0.0339. The number of nitro benzene ring substituents is 1. The van der Waals surface area contributed by atoms with Crippen molar-refractivity contribution in [3.63, 3.8) is 0 Å². The molecule has 1 heterocycles. The van der Waals surface area contributed by atoms with E-state index in [2.05, 4.69) is 10.1 Å². The predicted molar refractivity (Wildman–Crippen MR) is 81.9 cm³/mol. The summed E-state index contributed by atoms with van der Waals surface area (Å²) in [6.07, 6.45) is 0. The third-order valence-corrected chi connectivity index (χ3v) is 3.17. The van der Waals surface area contributed by atoms with Crippen LogP contribution in [0.5, 0.6) is 5.75 Å². The van der Waals surface area contributed by atoms with Crippen LogP contribution in [0.2, 0.25) is 0 Å². The Balaban J connectivity index is 1.69. The molecule has 2 aromatic carbocycles. The highest BCUT2D eigenvalue weighted by molar-refractivity contribution is 5.54. The van der Waals surface area contributed by atoms with E-state index in [1.165, 1.54) is 12.1 Å². The van der Waals surface area contributed by atoms with Gasteiger partial charge >= 0.3 is 0 Å². The van der Waals surface area contributed by atoms with Gasteiger partial charge in [-0.1, -0.05) is 41.1 Å². The van der Waals surface area contributed by atoms with E-state index in [1.807, 2.05) is 31.2 Å². The van der Waals surface area contributed by atoms with Crippen LogP contribution < -0.4 is 4.74 Å². The van der Waals surface area contributed by atoms with Gasteiger partial charge in [0, 0.05) is 11.6 Å². The highest BCUT2D eigenvalue weighted by Gasteiger charge is 2.11. The summed E-state index contributed by atoms with van der Waals surface area (Å²) in [6.45, 7) is 2.04. The second-order valence-corrected chi connectivity index (χ2v) is 4.92. The molecule has 1 aromatic heterocycles. The predicted octanol–water partition coefficient (Wildman–Crippen LogP) is 3.53. The highest BCUT2D eigenvalue weighted by Crippen LogP contribution is 2.21. The largest absolute Gasteiger partial charge is 0.484 e. The van der Waals surface area contributed by atoms with Gasteiger partial charge < -0.3 is 9.26 Å². The number of hydrogen-bond donors (Lipinski definition) is 0. The average molecular weight is 311 g/mol. The van der Waals surface area contributed by atoms with E-state index >= 15 is 0 Å². The standard InChI is InChI=1S/C16H13N3O4/c1-11-5-7-12(8-6-11)16-17-15(23-18-16)10-22-14-4-2-3-13(9-14)19(20)21/h2-9H,10H2,1H3. The van der Waals surface area contributed by atoms with Crippen LogP contribution >= 0.6 is 0 Å². The monoisotopic (exact) mass is 311 g/mol. The van der Waals surface area contributed by atoms with Crippen molar-refractivity contribution < 1.29 is 14.2 Å². The molecule has 0 spiro atoms. The van der Waals surface area contributed by atoms with Gasteiger partial charge in [-0.15, -0.1) is 0 Å². The Labute approximate surface area is 131 Å². The number of rotatable bonds is 5. The number of ether oxygens (including phenoxy) is 1. The van der Waals surface area contributed by atoms with Crippen LogP contribution in [0.1, 0.15) is 11.5 Å². The van der Waals surface area contributed by atoms with Crippen LogP contribution in [-0.2, 0) is 6.61 Å². The van der Waals surface area contributed by atoms with Gasteiger partial charge in [0.15, 0.2) is 6.61 Å². The summed E-state index contributed by atoms with van der Waals surface area (Å²) in [5.41, 5.74) is 1.96. The lowest BCUT2D eigenvalue weighted by molar-refractivity contribution is -0.384. The molecule has 0 aliphatic carbocycles. The molecule has 0 unspecified atom stereocenters. The van der Waals surface area contributed by atoms with Crippen LogP contribution in [0.3, 0.4) is 0 Å². The average Bonchev–Trinajstić information content (AvgIpc) is 3.03. The molecule has 0 atom stereocenters. The maximum absolute atomic E-state index is 10.7.